The van der Waals surface area contributed by atoms with E-state index in [2.05, 4.69) is 19.2 Å². The maximum atomic E-state index is 9.04. The minimum absolute atomic E-state index is 0.800. The van der Waals surface area contributed by atoms with Gasteiger partial charge in [-0.05, 0) is 12.8 Å². The van der Waals surface area contributed by atoms with Crippen molar-refractivity contribution in [3.63, 3.8) is 0 Å². The van der Waals surface area contributed by atoms with Crippen LogP contribution in [0.3, 0.4) is 0 Å². The van der Waals surface area contributed by atoms with E-state index in [0.29, 0.717) is 0 Å². The van der Waals surface area contributed by atoms with Gasteiger partial charge in [0.25, 0.3) is 0 Å². The number of quaternary nitrogens is 1. The molecule has 0 N–H and O–H groups in total. The number of hydrogen-bond donors (Lipinski definition) is 0. The van der Waals surface area contributed by atoms with Crippen LogP contribution in [0.25, 0.3) is 0 Å². The number of thiocyanates is 1. The zero-order valence-electron chi connectivity index (χ0n) is 14.3. The lowest BCUT2D eigenvalue weighted by Gasteiger charge is -2.28. The molecule has 1 rings (SSSR count). The first-order chi connectivity index (χ1) is 10.2. The Kier molecular flexibility index (Phi) is 10.2. The van der Waals surface area contributed by atoms with Gasteiger partial charge < -0.3 is 0 Å². The number of unbranched alkanes of at least 4 members (excludes halogenated alkanes) is 9. The van der Waals surface area contributed by atoms with Crippen molar-refractivity contribution in [2.45, 2.75) is 84.5 Å². The molecule has 1 fully saturated rings. The molecule has 2 unspecified atom stereocenters. The molecule has 21 heavy (non-hydrogen) atoms. The van der Waals surface area contributed by atoms with Gasteiger partial charge in [-0.25, -0.2) is 3.89 Å². The van der Waals surface area contributed by atoms with Gasteiger partial charge in [0.05, 0.1) is 19.6 Å². The summed E-state index contributed by atoms with van der Waals surface area (Å²) in [5.41, 5.74) is 0. The van der Waals surface area contributed by atoms with Crippen molar-refractivity contribution in [3.05, 3.63) is 0 Å². The predicted octanol–water partition coefficient (Wildman–Crippen LogP) is 5.89. The molecular formula is C18H35N2S+. The molecule has 2 atom stereocenters. The van der Waals surface area contributed by atoms with E-state index < -0.39 is 0 Å². The molecule has 122 valence electrons. The molecule has 2 nitrogen and oxygen atoms in total. The van der Waals surface area contributed by atoms with Gasteiger partial charge in [0.15, 0.2) is 17.3 Å². The summed E-state index contributed by atoms with van der Waals surface area (Å²) < 4.78 is 1.01. The van der Waals surface area contributed by atoms with Crippen LogP contribution >= 0.6 is 11.9 Å². The lowest BCUT2D eigenvalue weighted by atomic mass is 10.1. The molecule has 0 saturated carbocycles. The molecule has 0 spiro atoms. The second-order valence-electron chi connectivity index (χ2n) is 6.95. The van der Waals surface area contributed by atoms with E-state index in [4.69, 9.17) is 5.26 Å². The molecule has 0 amide bonds. The van der Waals surface area contributed by atoms with Crippen molar-refractivity contribution in [2.75, 3.05) is 19.6 Å². The summed E-state index contributed by atoms with van der Waals surface area (Å²) in [6.07, 6.45) is 15.2. The topological polar surface area (TPSA) is 23.8 Å². The van der Waals surface area contributed by atoms with Crippen LogP contribution in [0.4, 0.5) is 0 Å². The quantitative estimate of drug-likeness (QED) is 0.194. The van der Waals surface area contributed by atoms with Crippen LogP contribution in [0.1, 0.15) is 84.5 Å². The predicted molar refractivity (Wildman–Crippen MR) is 93.7 cm³/mol. The van der Waals surface area contributed by atoms with Crippen molar-refractivity contribution < 1.29 is 3.89 Å². The number of nitriles is 1. The Labute approximate surface area is 137 Å². The largest absolute Gasteiger partial charge is 0.248 e. The molecular weight excluding hydrogens is 276 g/mol. The molecule has 1 aliphatic heterocycles. The van der Waals surface area contributed by atoms with E-state index in [1.807, 2.05) is 0 Å². The molecule has 0 bridgehead atoms. The molecule has 1 saturated heterocycles. The Hall–Kier alpha value is -0.200. The molecule has 3 heteroatoms. The second-order valence-corrected chi connectivity index (χ2v) is 8.09. The first-order valence-electron chi connectivity index (χ1n) is 9.16. The minimum atomic E-state index is 0.800. The van der Waals surface area contributed by atoms with Crippen LogP contribution in [0.15, 0.2) is 0 Å². The fourth-order valence-electron chi connectivity index (χ4n) is 3.51. The van der Waals surface area contributed by atoms with E-state index in [1.165, 1.54) is 102 Å². The van der Waals surface area contributed by atoms with Gasteiger partial charge in [0, 0.05) is 12.3 Å². The first kappa shape index (κ1) is 18.8. The number of hydrogen-bond acceptors (Lipinski definition) is 2. The van der Waals surface area contributed by atoms with Crippen LogP contribution < -0.4 is 0 Å². The highest BCUT2D eigenvalue weighted by Crippen LogP contribution is 2.33. The molecule has 0 aromatic heterocycles. The van der Waals surface area contributed by atoms with Gasteiger partial charge >= 0.3 is 0 Å². The van der Waals surface area contributed by atoms with Crippen LogP contribution in [-0.4, -0.2) is 23.5 Å². The summed E-state index contributed by atoms with van der Waals surface area (Å²) >= 11 is 1.51. The van der Waals surface area contributed by atoms with Crippen molar-refractivity contribution in [2.24, 2.45) is 5.92 Å². The molecule has 0 radical (unpaired) electrons. The Morgan fingerprint density at radius 3 is 2.05 bits per heavy atom. The van der Waals surface area contributed by atoms with Gasteiger partial charge in [-0.15, -0.1) is 0 Å². The van der Waals surface area contributed by atoms with E-state index in [9.17, 15) is 0 Å². The number of rotatable bonds is 12. The third kappa shape index (κ3) is 8.12. The molecule has 1 heterocycles. The van der Waals surface area contributed by atoms with E-state index in [-0.39, 0.29) is 0 Å². The third-order valence-electron chi connectivity index (χ3n) is 4.83. The number of likely N-dealkylation sites (tertiary alicyclic amines) is 1. The van der Waals surface area contributed by atoms with Crippen molar-refractivity contribution >= 4 is 11.9 Å². The molecule has 0 aromatic rings. The highest BCUT2D eigenvalue weighted by molar-refractivity contribution is 7.98. The normalized spacial score (nSPS) is 25.1. The summed E-state index contributed by atoms with van der Waals surface area (Å²) in [5, 5.41) is 11.4. The Balaban J connectivity index is 1.99. The average Bonchev–Trinajstić information content (AvgIpc) is 2.83. The second kappa shape index (κ2) is 11.4. The standard InChI is InChI=1S/C18H35N2S/c1-3-4-5-6-7-8-9-10-11-12-14-20(21-17-19)15-13-18(2)16-20/h18H,3-16H2,1-2H3/q+1. The summed E-state index contributed by atoms with van der Waals surface area (Å²) in [4.78, 5) is 0. The smallest absolute Gasteiger partial charge is 0.196 e. The molecule has 0 aliphatic carbocycles. The first-order valence-corrected chi connectivity index (χ1v) is 9.93. The Morgan fingerprint density at radius 2 is 1.57 bits per heavy atom. The summed E-state index contributed by atoms with van der Waals surface area (Å²) in [5.74, 6) is 0.800. The lowest BCUT2D eigenvalue weighted by molar-refractivity contribution is -0.782. The zero-order chi connectivity index (χ0) is 15.4. The van der Waals surface area contributed by atoms with Gasteiger partial charge in [0.1, 0.15) is 0 Å². The van der Waals surface area contributed by atoms with Crippen molar-refractivity contribution in [1.82, 2.24) is 0 Å². The maximum absolute atomic E-state index is 9.04. The van der Waals surface area contributed by atoms with Crippen molar-refractivity contribution in [3.8, 4) is 5.40 Å². The van der Waals surface area contributed by atoms with Gasteiger partial charge in [-0.1, -0.05) is 65.2 Å². The third-order valence-corrected chi connectivity index (χ3v) is 5.81. The van der Waals surface area contributed by atoms with Crippen LogP contribution in [0.5, 0.6) is 0 Å². The summed E-state index contributed by atoms with van der Waals surface area (Å²) in [7, 11) is 0. The van der Waals surface area contributed by atoms with Crippen LogP contribution in [-0.2, 0) is 0 Å². The fourth-order valence-corrected chi connectivity index (χ4v) is 4.43. The van der Waals surface area contributed by atoms with Crippen LogP contribution in [0, 0.1) is 16.6 Å². The lowest BCUT2D eigenvalue weighted by Crippen LogP contribution is -2.39. The monoisotopic (exact) mass is 311 g/mol. The van der Waals surface area contributed by atoms with E-state index >= 15 is 0 Å². The van der Waals surface area contributed by atoms with Gasteiger partial charge in [-0.2, -0.15) is 5.26 Å². The van der Waals surface area contributed by atoms with Gasteiger partial charge in [0.2, 0.25) is 0 Å². The highest BCUT2D eigenvalue weighted by Gasteiger charge is 2.37. The summed E-state index contributed by atoms with van der Waals surface area (Å²) in [6, 6.07) is 0. The average molecular weight is 312 g/mol. The van der Waals surface area contributed by atoms with Crippen LogP contribution in [0.2, 0.25) is 0 Å². The highest BCUT2D eigenvalue weighted by atomic mass is 32.2. The molecule has 1 aliphatic rings. The summed E-state index contributed by atoms with van der Waals surface area (Å²) in [6.45, 7) is 8.23. The van der Waals surface area contributed by atoms with Crippen molar-refractivity contribution in [1.29, 1.82) is 5.26 Å². The Morgan fingerprint density at radius 1 is 1.00 bits per heavy atom. The van der Waals surface area contributed by atoms with E-state index in [1.54, 1.807) is 0 Å². The zero-order valence-corrected chi connectivity index (χ0v) is 15.1. The SMILES string of the molecule is CCCCCCCCCCCC[N+]1(SC#N)CCC(C)C1. The Bertz CT molecular complexity index is 300. The maximum Gasteiger partial charge on any atom is 0.196 e. The fraction of sp³-hybridized carbons (Fsp3) is 0.944. The number of nitrogens with zero attached hydrogens (tertiary/aromatic N) is 2. The molecule has 0 aromatic carbocycles. The van der Waals surface area contributed by atoms with Gasteiger partial charge in [-0.3, -0.25) is 0 Å². The minimum Gasteiger partial charge on any atom is -0.248 e. The van der Waals surface area contributed by atoms with E-state index in [0.717, 1.165) is 9.81 Å².